The minimum absolute atomic E-state index is 0.0945. The fraction of sp³-hybridized carbons (Fsp3) is 0.444. The van der Waals surface area contributed by atoms with E-state index in [4.69, 9.17) is 30.6 Å². The average Bonchev–Trinajstić information content (AvgIpc) is 3.31. The number of hydrogen-bond acceptors (Lipinski definition) is 11. The van der Waals surface area contributed by atoms with E-state index in [1.807, 2.05) is 30.3 Å². The molecule has 3 heterocycles. The molecular weight excluding hydrogens is 542 g/mol. The van der Waals surface area contributed by atoms with Crippen molar-refractivity contribution in [2.24, 2.45) is 0 Å². The molecule has 0 spiro atoms. The Morgan fingerprint density at radius 2 is 1.83 bits per heavy atom. The second kappa shape index (κ2) is 10.4. The number of rotatable bonds is 9. The van der Waals surface area contributed by atoms with Crippen LogP contribution in [-0.4, -0.2) is 87.7 Å². The Morgan fingerprint density at radius 1 is 1.14 bits per heavy atom. The van der Waals surface area contributed by atoms with Gasteiger partial charge in [-0.15, -0.1) is 5.10 Å². The first kappa shape index (κ1) is 27.0. The molecule has 0 aliphatic carbocycles. The van der Waals surface area contributed by atoms with E-state index in [9.17, 15) is 24.2 Å². The smallest absolute Gasteiger partial charge is 0.340 e. The molecule has 3 aromatic rings. The third-order valence-electron chi connectivity index (χ3n) is 5.28. The number of aliphatic hydroxyl groups is 2. The summed E-state index contributed by atoms with van der Waals surface area (Å²) in [5.74, 6) is -1.05. The number of nitrogens with zero attached hydrogens (tertiary/aromatic N) is 6. The quantitative estimate of drug-likeness (QED) is 0.176. The van der Waals surface area contributed by atoms with Gasteiger partial charge in [-0.2, -0.15) is 14.6 Å². The summed E-state index contributed by atoms with van der Waals surface area (Å²) in [6.45, 7) is -0.275. The lowest BCUT2D eigenvalue weighted by molar-refractivity contribution is -0.0549. The van der Waals surface area contributed by atoms with Crippen LogP contribution in [0.4, 0.5) is 5.82 Å². The fourth-order valence-electron chi connectivity index (χ4n) is 3.69. The topological polar surface area (TPSA) is 213 Å². The van der Waals surface area contributed by atoms with Crippen molar-refractivity contribution in [1.29, 1.82) is 0 Å². The normalized spacial score (nSPS) is 24.2. The molecule has 0 amide bonds. The Kier molecular flexibility index (Phi) is 7.79. The second-order valence-corrected chi connectivity index (χ2v) is 12.5. The van der Waals surface area contributed by atoms with Crippen LogP contribution in [0.15, 0.2) is 30.3 Å². The number of fused-ring (bicyclic) bond motifs is 1. The van der Waals surface area contributed by atoms with Crippen molar-refractivity contribution in [3.8, 4) is 0 Å². The summed E-state index contributed by atoms with van der Waals surface area (Å²) >= 11 is 6.14. The van der Waals surface area contributed by atoms with Gasteiger partial charge in [-0.05, 0) is 17.2 Å². The zero-order valence-electron chi connectivity index (χ0n) is 18.6. The van der Waals surface area contributed by atoms with Gasteiger partial charge in [0, 0.05) is 13.6 Å². The average molecular weight is 565 g/mol. The van der Waals surface area contributed by atoms with Crippen LogP contribution in [0.2, 0.25) is 5.28 Å². The molecule has 15 nitrogen and oxygen atoms in total. The van der Waals surface area contributed by atoms with Crippen LogP contribution >= 0.6 is 26.8 Å². The molecule has 1 unspecified atom stereocenters. The van der Waals surface area contributed by atoms with Crippen LogP contribution in [0, 0.1) is 0 Å². The largest absolute Gasteiger partial charge is 0.387 e. The molecule has 0 radical (unpaired) electrons. The minimum Gasteiger partial charge on any atom is -0.387 e. The van der Waals surface area contributed by atoms with E-state index >= 15 is 0 Å². The highest BCUT2D eigenvalue weighted by atomic mass is 35.5. The number of benzene rings is 1. The van der Waals surface area contributed by atoms with Crippen LogP contribution < -0.4 is 4.90 Å². The van der Waals surface area contributed by atoms with Gasteiger partial charge in [0.25, 0.3) is 0 Å². The summed E-state index contributed by atoms with van der Waals surface area (Å²) in [6, 6.07) is 9.56. The lowest BCUT2D eigenvalue weighted by Crippen LogP contribution is -2.33. The SMILES string of the molecule is CN(Cc1ccccc1)c1nc(Cl)nc2c1nnn2[C@@H]1O[C@H](COP(=O)(O)CP(=O)(O)O)[C@@H](O)[C@H]1O. The number of anilines is 1. The number of halogens is 1. The minimum atomic E-state index is -4.84. The Morgan fingerprint density at radius 3 is 2.50 bits per heavy atom. The van der Waals surface area contributed by atoms with Crippen molar-refractivity contribution in [1.82, 2.24) is 25.0 Å². The van der Waals surface area contributed by atoms with Crippen molar-refractivity contribution < 1.29 is 43.3 Å². The van der Waals surface area contributed by atoms with Gasteiger partial charge in [0.1, 0.15) is 18.3 Å². The Hall–Kier alpha value is -2.03. The standard InChI is InChI=1S/C18H23ClN6O9P2/c1-24(7-10-5-3-2-4-6-10)15-12-16(21-18(19)20-15)25(23-22-12)17-14(27)13(26)11(34-17)8-33-36(31,32)9-35(28,29)30/h2-6,11,13-14,17,26-27H,7-9H2,1H3,(H,31,32)(H2,28,29,30)/t11-,13-,14-,17-/m1/s1. The molecule has 0 saturated carbocycles. The number of hydrogen-bond donors (Lipinski definition) is 5. The maximum atomic E-state index is 11.9. The van der Waals surface area contributed by atoms with Gasteiger partial charge >= 0.3 is 15.2 Å². The van der Waals surface area contributed by atoms with Crippen LogP contribution in [0.25, 0.3) is 11.2 Å². The predicted molar refractivity (Wildman–Crippen MR) is 125 cm³/mol. The zero-order chi connectivity index (χ0) is 26.3. The van der Waals surface area contributed by atoms with E-state index in [0.717, 1.165) is 10.2 Å². The van der Waals surface area contributed by atoms with Gasteiger partial charge in [0.05, 0.1) is 6.61 Å². The molecular formula is C18H23ClN6O9P2. The lowest BCUT2D eigenvalue weighted by atomic mass is 10.1. The van der Waals surface area contributed by atoms with Crippen LogP contribution in [0.5, 0.6) is 0 Å². The summed E-state index contributed by atoms with van der Waals surface area (Å²) in [5.41, 5.74) is 1.33. The maximum absolute atomic E-state index is 11.9. The van der Waals surface area contributed by atoms with Crippen molar-refractivity contribution in [2.45, 2.75) is 31.1 Å². The monoisotopic (exact) mass is 564 g/mol. The highest BCUT2D eigenvalue weighted by Gasteiger charge is 2.46. The van der Waals surface area contributed by atoms with E-state index in [1.165, 1.54) is 0 Å². The molecule has 18 heteroatoms. The van der Waals surface area contributed by atoms with Gasteiger partial charge < -0.3 is 39.1 Å². The van der Waals surface area contributed by atoms with Crippen LogP contribution in [0.3, 0.4) is 0 Å². The van der Waals surface area contributed by atoms with Crippen molar-refractivity contribution >= 4 is 43.8 Å². The first-order valence-electron chi connectivity index (χ1n) is 10.4. The Bertz CT molecular complexity index is 1330. The number of aliphatic hydroxyl groups excluding tert-OH is 2. The highest BCUT2D eigenvalue weighted by molar-refractivity contribution is 7.70. The zero-order valence-corrected chi connectivity index (χ0v) is 21.2. The molecule has 5 N–H and O–H groups in total. The van der Waals surface area contributed by atoms with Gasteiger partial charge in [0.2, 0.25) is 5.28 Å². The van der Waals surface area contributed by atoms with Crippen LogP contribution in [0.1, 0.15) is 11.8 Å². The summed E-state index contributed by atoms with van der Waals surface area (Å²) < 4.78 is 34.3. The van der Waals surface area contributed by atoms with Gasteiger partial charge in [-0.1, -0.05) is 35.5 Å². The van der Waals surface area contributed by atoms with Crippen molar-refractivity contribution in [3.05, 3.63) is 41.2 Å². The Labute approximate surface area is 209 Å². The van der Waals surface area contributed by atoms with E-state index in [-0.39, 0.29) is 16.4 Å². The summed E-state index contributed by atoms with van der Waals surface area (Å²) in [6.07, 6.45) is -5.85. The van der Waals surface area contributed by atoms with E-state index < -0.39 is 52.2 Å². The number of aromatic nitrogens is 5. The third kappa shape index (κ3) is 6.09. The first-order chi connectivity index (χ1) is 16.8. The molecule has 1 aromatic carbocycles. The summed E-state index contributed by atoms with van der Waals surface area (Å²) in [4.78, 5) is 37.6. The van der Waals surface area contributed by atoms with Crippen LogP contribution in [-0.2, 0) is 24.9 Å². The summed E-state index contributed by atoms with van der Waals surface area (Å²) in [5, 5.41) is 28.9. The van der Waals surface area contributed by atoms with E-state index in [1.54, 1.807) is 11.9 Å². The lowest BCUT2D eigenvalue weighted by Gasteiger charge is -2.19. The molecule has 1 fully saturated rings. The molecule has 0 bridgehead atoms. The molecule has 36 heavy (non-hydrogen) atoms. The molecule has 5 atom stereocenters. The summed E-state index contributed by atoms with van der Waals surface area (Å²) in [7, 11) is -7.77. The molecule has 2 aromatic heterocycles. The first-order valence-corrected chi connectivity index (χ1v) is 14.3. The van der Waals surface area contributed by atoms with Gasteiger partial charge in [-0.25, -0.2) is 0 Å². The molecule has 4 rings (SSSR count). The van der Waals surface area contributed by atoms with Gasteiger partial charge in [0.15, 0.2) is 29.1 Å². The fourth-order valence-corrected chi connectivity index (χ4v) is 6.42. The molecule has 196 valence electrons. The van der Waals surface area contributed by atoms with Gasteiger partial charge in [-0.3, -0.25) is 9.13 Å². The highest BCUT2D eigenvalue weighted by Crippen LogP contribution is 2.55. The molecule has 1 aliphatic heterocycles. The predicted octanol–water partition coefficient (Wildman–Crippen LogP) is 0.467. The van der Waals surface area contributed by atoms with Crippen molar-refractivity contribution in [2.75, 3.05) is 24.5 Å². The maximum Gasteiger partial charge on any atom is 0.340 e. The Balaban J connectivity index is 1.56. The molecule has 1 saturated heterocycles. The number of ether oxygens (including phenoxy) is 1. The molecule has 1 aliphatic rings. The van der Waals surface area contributed by atoms with Crippen molar-refractivity contribution in [3.63, 3.8) is 0 Å². The second-order valence-electron chi connectivity index (χ2n) is 8.15. The third-order valence-corrected chi connectivity index (χ3v) is 8.91. The van der Waals surface area contributed by atoms with E-state index in [0.29, 0.717) is 12.4 Å². The van der Waals surface area contributed by atoms with E-state index in [2.05, 4.69) is 20.3 Å².